The number of hydrogen-bond donors (Lipinski definition) is 0. The van der Waals surface area contributed by atoms with Crippen LogP contribution in [0.3, 0.4) is 0 Å². The minimum atomic E-state index is 0.0597. The minimum absolute atomic E-state index is 0.0597. The van der Waals surface area contributed by atoms with Gasteiger partial charge in [0, 0.05) is 18.7 Å². The summed E-state index contributed by atoms with van der Waals surface area (Å²) in [7, 11) is 0. The molecule has 0 radical (unpaired) electrons. The average molecular weight is 319 g/mol. The molecule has 6 heteroatoms. The third-order valence-corrected chi connectivity index (χ3v) is 4.40. The summed E-state index contributed by atoms with van der Waals surface area (Å²) in [5.74, 6) is 0.770. The average Bonchev–Trinajstić information content (AvgIpc) is 3.07. The van der Waals surface area contributed by atoms with E-state index in [-0.39, 0.29) is 5.91 Å². The number of amides is 1. The first-order valence-electron chi connectivity index (χ1n) is 7.94. The van der Waals surface area contributed by atoms with Crippen molar-refractivity contribution in [1.29, 1.82) is 0 Å². The fraction of sp³-hybridized carbons (Fsp3) is 0.222. The Balaban J connectivity index is 1.54. The molecule has 0 unspecified atom stereocenters. The van der Waals surface area contributed by atoms with E-state index in [1.54, 1.807) is 4.68 Å². The molecule has 2 aromatic carbocycles. The first kappa shape index (κ1) is 14.6. The smallest absolute Gasteiger partial charge is 0.254 e. The molecule has 0 atom stereocenters. The molecule has 0 saturated heterocycles. The molecule has 0 spiro atoms. The van der Waals surface area contributed by atoms with Gasteiger partial charge in [0.2, 0.25) is 0 Å². The Morgan fingerprint density at radius 1 is 1.04 bits per heavy atom. The van der Waals surface area contributed by atoms with Gasteiger partial charge in [-0.15, -0.1) is 5.10 Å². The molecule has 1 amide bonds. The summed E-state index contributed by atoms with van der Waals surface area (Å²) in [5.41, 5.74) is 4.10. The van der Waals surface area contributed by atoms with Crippen LogP contribution >= 0.6 is 0 Å². The molecular weight excluding hydrogens is 302 g/mol. The molecule has 1 aliphatic heterocycles. The molecule has 24 heavy (non-hydrogen) atoms. The number of aryl methyl sites for hydroxylation is 1. The Morgan fingerprint density at radius 3 is 2.50 bits per heavy atom. The van der Waals surface area contributed by atoms with E-state index in [2.05, 4.69) is 33.7 Å². The van der Waals surface area contributed by atoms with Gasteiger partial charge in [-0.25, -0.2) is 0 Å². The van der Waals surface area contributed by atoms with Gasteiger partial charge in [0.25, 0.3) is 5.91 Å². The van der Waals surface area contributed by atoms with E-state index in [4.69, 9.17) is 0 Å². The van der Waals surface area contributed by atoms with Crippen LogP contribution in [0.4, 0.5) is 0 Å². The van der Waals surface area contributed by atoms with Crippen molar-refractivity contribution in [2.24, 2.45) is 0 Å². The van der Waals surface area contributed by atoms with Crippen molar-refractivity contribution >= 4 is 5.91 Å². The lowest BCUT2D eigenvalue weighted by Crippen LogP contribution is -2.35. The highest BCUT2D eigenvalue weighted by atomic mass is 16.2. The minimum Gasteiger partial charge on any atom is -0.334 e. The second-order valence-corrected chi connectivity index (χ2v) is 5.93. The zero-order valence-corrected chi connectivity index (χ0v) is 13.4. The normalized spacial score (nSPS) is 13.6. The van der Waals surface area contributed by atoms with Gasteiger partial charge in [-0.1, -0.05) is 24.3 Å². The molecule has 3 aromatic rings. The first-order valence-corrected chi connectivity index (χ1v) is 7.94. The topological polar surface area (TPSA) is 63.9 Å². The number of rotatable bonds is 2. The number of carbonyl (C=O) groups excluding carboxylic acids is 1. The van der Waals surface area contributed by atoms with E-state index in [0.717, 1.165) is 18.7 Å². The Labute approximate surface area is 139 Å². The van der Waals surface area contributed by atoms with Crippen LogP contribution in [0.25, 0.3) is 5.69 Å². The standard InChI is InChI=1S/C18H17N5O/c1-13-19-20-21-23(13)17-8-6-15(7-9-17)18(24)22-11-10-14-4-2-3-5-16(14)12-22/h2-9H,10-12H2,1H3. The van der Waals surface area contributed by atoms with Crippen molar-refractivity contribution in [3.8, 4) is 5.69 Å². The number of nitrogens with zero attached hydrogens (tertiary/aromatic N) is 5. The van der Waals surface area contributed by atoms with Crippen LogP contribution < -0.4 is 0 Å². The SMILES string of the molecule is Cc1nnnn1-c1ccc(C(=O)N2CCc3ccccc3C2)cc1. The molecule has 120 valence electrons. The summed E-state index contributed by atoms with van der Waals surface area (Å²) in [4.78, 5) is 14.7. The highest BCUT2D eigenvalue weighted by Crippen LogP contribution is 2.20. The zero-order chi connectivity index (χ0) is 16.5. The zero-order valence-electron chi connectivity index (χ0n) is 13.4. The van der Waals surface area contributed by atoms with Gasteiger partial charge in [0.1, 0.15) is 0 Å². The highest BCUT2D eigenvalue weighted by Gasteiger charge is 2.21. The second-order valence-electron chi connectivity index (χ2n) is 5.93. The third kappa shape index (κ3) is 2.56. The summed E-state index contributed by atoms with van der Waals surface area (Å²) >= 11 is 0. The van der Waals surface area contributed by atoms with Crippen molar-refractivity contribution in [3.63, 3.8) is 0 Å². The molecule has 1 aliphatic rings. The molecular formula is C18H17N5O. The predicted molar refractivity (Wildman–Crippen MR) is 88.8 cm³/mol. The molecule has 1 aromatic heterocycles. The molecule has 4 rings (SSSR count). The van der Waals surface area contributed by atoms with Crippen LogP contribution in [0.1, 0.15) is 27.3 Å². The molecule has 0 saturated carbocycles. The van der Waals surface area contributed by atoms with Crippen molar-refractivity contribution in [3.05, 3.63) is 71.0 Å². The Kier molecular flexibility index (Phi) is 3.57. The lowest BCUT2D eigenvalue weighted by molar-refractivity contribution is 0.0734. The third-order valence-electron chi connectivity index (χ3n) is 4.40. The summed E-state index contributed by atoms with van der Waals surface area (Å²) in [5, 5.41) is 11.4. The van der Waals surface area contributed by atoms with E-state index < -0.39 is 0 Å². The number of carbonyl (C=O) groups is 1. The van der Waals surface area contributed by atoms with Gasteiger partial charge in [0.05, 0.1) is 5.69 Å². The van der Waals surface area contributed by atoms with Crippen LogP contribution in [0.5, 0.6) is 0 Å². The lowest BCUT2D eigenvalue weighted by Gasteiger charge is -2.29. The quantitative estimate of drug-likeness (QED) is 0.726. The number of benzene rings is 2. The van der Waals surface area contributed by atoms with Crippen molar-refractivity contribution in [2.45, 2.75) is 19.9 Å². The second kappa shape index (κ2) is 5.88. The Bertz CT molecular complexity index is 884. The highest BCUT2D eigenvalue weighted by molar-refractivity contribution is 5.94. The van der Waals surface area contributed by atoms with Crippen molar-refractivity contribution in [2.75, 3.05) is 6.54 Å². The predicted octanol–water partition coefficient (Wildman–Crippen LogP) is 2.17. The monoisotopic (exact) mass is 319 g/mol. The van der Waals surface area contributed by atoms with Crippen LogP contribution in [0.2, 0.25) is 0 Å². The largest absolute Gasteiger partial charge is 0.334 e. The molecule has 0 bridgehead atoms. The first-order chi connectivity index (χ1) is 11.7. The van der Waals surface area contributed by atoms with Gasteiger partial charge in [-0.3, -0.25) is 4.79 Å². The molecule has 0 N–H and O–H groups in total. The lowest BCUT2D eigenvalue weighted by atomic mass is 9.99. The Hall–Kier alpha value is -3.02. The summed E-state index contributed by atoms with van der Waals surface area (Å²) in [6, 6.07) is 15.7. The van der Waals surface area contributed by atoms with E-state index in [9.17, 15) is 4.79 Å². The van der Waals surface area contributed by atoms with Crippen LogP contribution in [-0.2, 0) is 13.0 Å². The fourth-order valence-electron chi connectivity index (χ4n) is 3.07. The maximum absolute atomic E-state index is 12.8. The summed E-state index contributed by atoms with van der Waals surface area (Å²) in [6.07, 6.45) is 0.907. The van der Waals surface area contributed by atoms with Gasteiger partial charge < -0.3 is 4.90 Å². The number of hydrogen-bond acceptors (Lipinski definition) is 4. The number of aromatic nitrogens is 4. The van der Waals surface area contributed by atoms with E-state index in [0.29, 0.717) is 17.9 Å². The van der Waals surface area contributed by atoms with E-state index in [1.165, 1.54) is 11.1 Å². The van der Waals surface area contributed by atoms with Crippen molar-refractivity contribution in [1.82, 2.24) is 25.1 Å². The number of tetrazole rings is 1. The molecule has 6 nitrogen and oxygen atoms in total. The molecule has 0 aliphatic carbocycles. The van der Waals surface area contributed by atoms with Crippen LogP contribution in [-0.4, -0.2) is 37.6 Å². The van der Waals surface area contributed by atoms with Crippen molar-refractivity contribution < 1.29 is 4.79 Å². The molecule has 0 fully saturated rings. The summed E-state index contributed by atoms with van der Waals surface area (Å²) in [6.45, 7) is 3.26. The maximum atomic E-state index is 12.8. The fourth-order valence-corrected chi connectivity index (χ4v) is 3.07. The number of fused-ring (bicyclic) bond motifs is 1. The van der Waals surface area contributed by atoms with Gasteiger partial charge in [-0.2, -0.15) is 4.68 Å². The van der Waals surface area contributed by atoms with Gasteiger partial charge >= 0.3 is 0 Å². The molecule has 2 heterocycles. The van der Waals surface area contributed by atoms with Gasteiger partial charge in [0.15, 0.2) is 5.82 Å². The Morgan fingerprint density at radius 2 is 1.79 bits per heavy atom. The van der Waals surface area contributed by atoms with E-state index >= 15 is 0 Å². The van der Waals surface area contributed by atoms with E-state index in [1.807, 2.05) is 42.2 Å². The van der Waals surface area contributed by atoms with Gasteiger partial charge in [-0.05, 0) is 59.2 Å². The summed E-state index contributed by atoms with van der Waals surface area (Å²) < 4.78 is 1.64. The van der Waals surface area contributed by atoms with Crippen LogP contribution in [0, 0.1) is 6.92 Å². The van der Waals surface area contributed by atoms with Crippen LogP contribution in [0.15, 0.2) is 48.5 Å². The maximum Gasteiger partial charge on any atom is 0.254 e.